The van der Waals surface area contributed by atoms with E-state index in [-0.39, 0.29) is 11.9 Å². The zero-order valence-corrected chi connectivity index (χ0v) is 16.0. The number of sulfonamides is 1. The fraction of sp³-hybridized carbons (Fsp3) is 0.316. The average Bonchev–Trinajstić information content (AvgIpc) is 2.50. The van der Waals surface area contributed by atoms with Crippen LogP contribution in [-0.4, -0.2) is 20.6 Å². The van der Waals surface area contributed by atoms with Gasteiger partial charge in [-0.3, -0.25) is 9.52 Å². The van der Waals surface area contributed by atoms with Crippen molar-refractivity contribution in [1.82, 2.24) is 5.32 Å². The van der Waals surface area contributed by atoms with Gasteiger partial charge in [0, 0.05) is 5.56 Å². The van der Waals surface area contributed by atoms with Crippen LogP contribution >= 0.6 is 0 Å². The van der Waals surface area contributed by atoms with Crippen molar-refractivity contribution in [3.05, 3.63) is 64.2 Å². The zero-order valence-electron chi connectivity index (χ0n) is 15.2. The van der Waals surface area contributed by atoms with E-state index >= 15 is 0 Å². The monoisotopic (exact) mass is 360 g/mol. The van der Waals surface area contributed by atoms with E-state index in [0.717, 1.165) is 22.9 Å². The summed E-state index contributed by atoms with van der Waals surface area (Å²) in [6.45, 7) is 7.69. The van der Waals surface area contributed by atoms with E-state index in [1.165, 1.54) is 0 Å². The molecule has 0 saturated heterocycles. The quantitative estimate of drug-likeness (QED) is 0.857. The molecule has 2 aromatic rings. The third kappa shape index (κ3) is 4.82. The van der Waals surface area contributed by atoms with Crippen molar-refractivity contribution in [3.63, 3.8) is 0 Å². The molecule has 0 aliphatic rings. The zero-order chi connectivity index (χ0) is 18.8. The summed E-state index contributed by atoms with van der Waals surface area (Å²) in [5.74, 6) is -0.233. The van der Waals surface area contributed by atoms with Gasteiger partial charge in [-0.15, -0.1) is 0 Å². The number of rotatable bonds is 5. The van der Waals surface area contributed by atoms with E-state index < -0.39 is 10.0 Å². The van der Waals surface area contributed by atoms with E-state index in [0.29, 0.717) is 16.8 Å². The topological polar surface area (TPSA) is 75.3 Å². The van der Waals surface area contributed by atoms with Crippen LogP contribution in [0.15, 0.2) is 36.4 Å². The highest BCUT2D eigenvalue weighted by Crippen LogP contribution is 2.22. The highest BCUT2D eigenvalue weighted by Gasteiger charge is 2.17. The standard InChI is InChI=1S/C19H24N2O3S/c1-12-9-10-13(2)17(11-12)15(4)20-19(22)16-7-6-8-18(14(16)3)21-25(5,23)24/h6-11,15,21H,1-5H3,(H,20,22)/t15-/m1/s1. The molecule has 2 N–H and O–H groups in total. The lowest BCUT2D eigenvalue weighted by Crippen LogP contribution is -2.28. The van der Waals surface area contributed by atoms with Gasteiger partial charge in [0.1, 0.15) is 0 Å². The third-order valence-electron chi connectivity index (χ3n) is 4.12. The summed E-state index contributed by atoms with van der Waals surface area (Å²) >= 11 is 0. The molecule has 25 heavy (non-hydrogen) atoms. The Morgan fingerprint density at radius 1 is 1.08 bits per heavy atom. The smallest absolute Gasteiger partial charge is 0.252 e. The molecule has 6 heteroatoms. The number of amides is 1. The third-order valence-corrected chi connectivity index (χ3v) is 4.71. The Labute approximate surface area is 149 Å². The van der Waals surface area contributed by atoms with Gasteiger partial charge in [-0.1, -0.05) is 29.8 Å². The lowest BCUT2D eigenvalue weighted by Gasteiger charge is -2.19. The average molecular weight is 360 g/mol. The lowest BCUT2D eigenvalue weighted by molar-refractivity contribution is 0.0939. The molecule has 1 amide bonds. The molecule has 0 radical (unpaired) electrons. The van der Waals surface area contributed by atoms with Gasteiger partial charge in [0.15, 0.2) is 0 Å². The molecule has 0 unspecified atom stereocenters. The molecule has 0 aromatic heterocycles. The minimum Gasteiger partial charge on any atom is -0.345 e. The molecule has 0 heterocycles. The Morgan fingerprint density at radius 2 is 1.76 bits per heavy atom. The number of carbonyl (C=O) groups excluding carboxylic acids is 1. The van der Waals surface area contributed by atoms with E-state index in [4.69, 9.17) is 0 Å². The van der Waals surface area contributed by atoms with Gasteiger partial charge in [-0.25, -0.2) is 8.42 Å². The summed E-state index contributed by atoms with van der Waals surface area (Å²) in [5, 5.41) is 3.00. The Morgan fingerprint density at radius 3 is 2.40 bits per heavy atom. The largest absolute Gasteiger partial charge is 0.345 e. The molecule has 0 saturated carbocycles. The van der Waals surface area contributed by atoms with Crippen LogP contribution < -0.4 is 10.0 Å². The van der Waals surface area contributed by atoms with Gasteiger partial charge in [0.05, 0.1) is 18.0 Å². The highest BCUT2D eigenvalue weighted by molar-refractivity contribution is 7.92. The minimum absolute atomic E-state index is 0.154. The SMILES string of the molecule is Cc1ccc(C)c([C@@H](C)NC(=O)c2cccc(NS(C)(=O)=O)c2C)c1. The van der Waals surface area contributed by atoms with Crippen molar-refractivity contribution in [3.8, 4) is 0 Å². The second-order valence-electron chi connectivity index (χ2n) is 6.41. The number of benzene rings is 2. The number of hydrogen-bond donors (Lipinski definition) is 2. The Balaban J connectivity index is 2.26. The molecule has 5 nitrogen and oxygen atoms in total. The first kappa shape index (κ1) is 19.0. The summed E-state index contributed by atoms with van der Waals surface area (Å²) < 4.78 is 25.3. The maximum Gasteiger partial charge on any atom is 0.252 e. The van der Waals surface area contributed by atoms with E-state index in [1.54, 1.807) is 25.1 Å². The van der Waals surface area contributed by atoms with E-state index in [2.05, 4.69) is 16.1 Å². The van der Waals surface area contributed by atoms with E-state index in [9.17, 15) is 13.2 Å². The summed E-state index contributed by atoms with van der Waals surface area (Å²) in [6, 6.07) is 11.0. The number of anilines is 1. The first-order chi connectivity index (χ1) is 11.6. The normalized spacial score (nSPS) is 12.5. The maximum absolute atomic E-state index is 12.7. The summed E-state index contributed by atoms with van der Waals surface area (Å²) in [4.78, 5) is 12.7. The van der Waals surface area contributed by atoms with Crippen LogP contribution in [0.4, 0.5) is 5.69 Å². The first-order valence-electron chi connectivity index (χ1n) is 8.04. The second-order valence-corrected chi connectivity index (χ2v) is 8.16. The fourth-order valence-electron chi connectivity index (χ4n) is 2.77. The molecule has 0 aliphatic carbocycles. The Hall–Kier alpha value is -2.34. The molecule has 0 fully saturated rings. The molecular weight excluding hydrogens is 336 g/mol. The Kier molecular flexibility index (Phi) is 5.52. The number of carbonyl (C=O) groups is 1. The predicted octanol–water partition coefficient (Wildman–Crippen LogP) is 3.47. The molecule has 0 aliphatic heterocycles. The van der Waals surface area contributed by atoms with Gasteiger partial charge < -0.3 is 5.32 Å². The molecule has 2 rings (SSSR count). The van der Waals surface area contributed by atoms with Crippen molar-refractivity contribution in [2.75, 3.05) is 11.0 Å². The van der Waals surface area contributed by atoms with E-state index in [1.807, 2.05) is 32.9 Å². The fourth-order valence-corrected chi connectivity index (χ4v) is 3.39. The summed E-state index contributed by atoms with van der Waals surface area (Å²) in [5.41, 5.74) is 4.77. The maximum atomic E-state index is 12.7. The van der Waals surface area contributed by atoms with Crippen LogP contribution in [0.1, 0.15) is 45.6 Å². The molecule has 134 valence electrons. The van der Waals surface area contributed by atoms with Gasteiger partial charge in [-0.2, -0.15) is 0 Å². The minimum atomic E-state index is -3.40. The number of nitrogens with one attached hydrogen (secondary N) is 2. The van der Waals surface area contributed by atoms with Crippen LogP contribution in [0.5, 0.6) is 0 Å². The van der Waals surface area contributed by atoms with Gasteiger partial charge in [-0.05, 0) is 56.5 Å². The first-order valence-corrected chi connectivity index (χ1v) is 9.93. The molecule has 1 atom stereocenters. The van der Waals surface area contributed by atoms with Crippen molar-refractivity contribution in [2.45, 2.75) is 33.7 Å². The lowest BCUT2D eigenvalue weighted by atomic mass is 9.99. The second kappa shape index (κ2) is 7.27. The van der Waals surface area contributed by atoms with Gasteiger partial charge in [0.2, 0.25) is 10.0 Å². The molecule has 2 aromatic carbocycles. The van der Waals surface area contributed by atoms with Crippen molar-refractivity contribution >= 4 is 21.6 Å². The molecular formula is C19H24N2O3S. The van der Waals surface area contributed by atoms with Crippen molar-refractivity contribution < 1.29 is 13.2 Å². The highest BCUT2D eigenvalue weighted by atomic mass is 32.2. The van der Waals surface area contributed by atoms with Crippen LogP contribution in [-0.2, 0) is 10.0 Å². The van der Waals surface area contributed by atoms with Crippen LogP contribution in [0.25, 0.3) is 0 Å². The van der Waals surface area contributed by atoms with Crippen molar-refractivity contribution in [2.24, 2.45) is 0 Å². The van der Waals surface area contributed by atoms with Gasteiger partial charge in [0.25, 0.3) is 5.91 Å². The van der Waals surface area contributed by atoms with Crippen LogP contribution in [0.3, 0.4) is 0 Å². The number of aryl methyl sites for hydroxylation is 2. The Bertz CT molecular complexity index is 905. The summed E-state index contributed by atoms with van der Waals surface area (Å²) in [7, 11) is -3.40. The number of hydrogen-bond acceptors (Lipinski definition) is 3. The predicted molar refractivity (Wildman–Crippen MR) is 101 cm³/mol. The van der Waals surface area contributed by atoms with Crippen molar-refractivity contribution in [1.29, 1.82) is 0 Å². The van der Waals surface area contributed by atoms with Gasteiger partial charge >= 0.3 is 0 Å². The molecule has 0 bridgehead atoms. The summed E-state index contributed by atoms with van der Waals surface area (Å²) in [6.07, 6.45) is 1.09. The van der Waals surface area contributed by atoms with Crippen LogP contribution in [0, 0.1) is 20.8 Å². The molecule has 0 spiro atoms. The van der Waals surface area contributed by atoms with Crippen LogP contribution in [0.2, 0.25) is 0 Å².